The number of hydrogen-bond acceptors (Lipinski definition) is 4. The van der Waals surface area contributed by atoms with E-state index in [2.05, 4.69) is 33.7 Å². The molecular weight excluding hydrogens is 326 g/mol. The minimum absolute atomic E-state index is 0.321. The standard InChI is InChI=1S/C13H18N2O2.C8H15N/c16-10-14-7-13(17)9-15-6-5-11-3-1-2-4-12(11)8-15;1-2-4-8-7(3-1)5-6-9-8/h1-4,10,13,17H,5-9H2,(H,14,16);7-9H,1-6H2. The highest BCUT2D eigenvalue weighted by Gasteiger charge is 2.28. The van der Waals surface area contributed by atoms with Crippen LogP contribution in [0.1, 0.15) is 43.2 Å². The molecule has 1 aromatic rings. The summed E-state index contributed by atoms with van der Waals surface area (Å²) < 4.78 is 0. The summed E-state index contributed by atoms with van der Waals surface area (Å²) in [5.41, 5.74) is 2.75. The molecule has 4 rings (SSSR count). The number of hydrogen-bond donors (Lipinski definition) is 3. The van der Waals surface area contributed by atoms with Gasteiger partial charge in [0, 0.05) is 32.2 Å². The largest absolute Gasteiger partial charge is 0.390 e. The summed E-state index contributed by atoms with van der Waals surface area (Å²) in [6, 6.07) is 9.33. The molecule has 3 aliphatic rings. The Morgan fingerprint density at radius 2 is 2.04 bits per heavy atom. The van der Waals surface area contributed by atoms with Crippen LogP contribution in [0.4, 0.5) is 0 Å². The summed E-state index contributed by atoms with van der Waals surface area (Å²) in [6.45, 7) is 4.07. The van der Waals surface area contributed by atoms with Gasteiger partial charge in [-0.25, -0.2) is 0 Å². The van der Waals surface area contributed by atoms with E-state index in [0.29, 0.717) is 19.5 Å². The van der Waals surface area contributed by atoms with Crippen molar-refractivity contribution in [2.24, 2.45) is 5.92 Å². The van der Waals surface area contributed by atoms with Gasteiger partial charge < -0.3 is 15.7 Å². The zero-order chi connectivity index (χ0) is 18.2. The summed E-state index contributed by atoms with van der Waals surface area (Å²) in [5.74, 6) is 1.05. The smallest absolute Gasteiger partial charge is 0.207 e. The van der Waals surface area contributed by atoms with Gasteiger partial charge in [-0.15, -0.1) is 0 Å². The molecule has 26 heavy (non-hydrogen) atoms. The normalized spacial score (nSPS) is 26.0. The number of aliphatic hydroxyl groups is 1. The van der Waals surface area contributed by atoms with Gasteiger partial charge in [-0.05, 0) is 49.3 Å². The van der Waals surface area contributed by atoms with Crippen LogP contribution >= 0.6 is 0 Å². The van der Waals surface area contributed by atoms with Crippen molar-refractivity contribution in [1.29, 1.82) is 0 Å². The van der Waals surface area contributed by atoms with E-state index in [-0.39, 0.29) is 0 Å². The number of carbonyl (C=O) groups excluding carboxylic acids is 1. The van der Waals surface area contributed by atoms with Gasteiger partial charge in [-0.1, -0.05) is 37.1 Å². The molecule has 1 aliphatic carbocycles. The molecule has 3 atom stereocenters. The molecule has 3 unspecified atom stereocenters. The van der Waals surface area contributed by atoms with Crippen molar-refractivity contribution in [3.63, 3.8) is 0 Å². The molecule has 1 saturated carbocycles. The number of amides is 1. The Hall–Kier alpha value is -1.43. The first-order chi connectivity index (χ1) is 12.8. The van der Waals surface area contributed by atoms with Crippen LogP contribution in [0.25, 0.3) is 0 Å². The summed E-state index contributed by atoms with van der Waals surface area (Å²) in [7, 11) is 0. The fourth-order valence-corrected chi connectivity index (χ4v) is 4.53. The van der Waals surface area contributed by atoms with Crippen LogP contribution in [-0.2, 0) is 17.8 Å². The topological polar surface area (TPSA) is 64.6 Å². The van der Waals surface area contributed by atoms with Crippen LogP contribution in [0.3, 0.4) is 0 Å². The summed E-state index contributed by atoms with van der Waals surface area (Å²) in [5, 5.41) is 15.8. The van der Waals surface area contributed by atoms with Crippen molar-refractivity contribution in [3.05, 3.63) is 35.4 Å². The first kappa shape index (κ1) is 19.3. The number of β-amino-alcohol motifs (C(OH)–C–C–N with tert-alkyl or cyclic N) is 1. The van der Waals surface area contributed by atoms with Crippen molar-refractivity contribution < 1.29 is 9.90 Å². The van der Waals surface area contributed by atoms with Crippen molar-refractivity contribution in [3.8, 4) is 0 Å². The third-order valence-electron chi connectivity index (χ3n) is 5.95. The van der Waals surface area contributed by atoms with Crippen LogP contribution in [0.2, 0.25) is 0 Å². The van der Waals surface area contributed by atoms with E-state index in [1.807, 2.05) is 6.07 Å². The maximum atomic E-state index is 10.1. The van der Waals surface area contributed by atoms with Crippen LogP contribution in [0, 0.1) is 5.92 Å². The molecule has 1 amide bonds. The Balaban J connectivity index is 0.000000181. The molecule has 1 aromatic carbocycles. The molecule has 2 aliphatic heterocycles. The highest BCUT2D eigenvalue weighted by atomic mass is 16.3. The lowest BCUT2D eigenvalue weighted by molar-refractivity contribution is -0.110. The average molecular weight is 360 g/mol. The van der Waals surface area contributed by atoms with E-state index < -0.39 is 6.10 Å². The van der Waals surface area contributed by atoms with E-state index in [1.54, 1.807) is 0 Å². The monoisotopic (exact) mass is 359 g/mol. The fourth-order valence-electron chi connectivity index (χ4n) is 4.53. The maximum absolute atomic E-state index is 10.1. The van der Waals surface area contributed by atoms with Gasteiger partial charge in [-0.3, -0.25) is 9.69 Å². The predicted octanol–water partition coefficient (Wildman–Crippen LogP) is 1.69. The van der Waals surface area contributed by atoms with E-state index in [0.717, 1.165) is 31.5 Å². The Bertz CT molecular complexity index is 554. The second kappa shape index (κ2) is 10.0. The molecule has 3 N–H and O–H groups in total. The van der Waals surface area contributed by atoms with Gasteiger partial charge in [0.25, 0.3) is 0 Å². The second-order valence-electron chi connectivity index (χ2n) is 7.83. The highest BCUT2D eigenvalue weighted by Crippen LogP contribution is 2.30. The summed E-state index contributed by atoms with van der Waals surface area (Å²) in [4.78, 5) is 12.4. The quantitative estimate of drug-likeness (QED) is 0.700. The average Bonchev–Trinajstić information content (AvgIpc) is 3.15. The number of aliphatic hydroxyl groups excluding tert-OH is 1. The molecule has 0 radical (unpaired) electrons. The number of nitrogens with one attached hydrogen (secondary N) is 2. The van der Waals surface area contributed by atoms with E-state index >= 15 is 0 Å². The van der Waals surface area contributed by atoms with Gasteiger partial charge in [0.05, 0.1) is 6.10 Å². The van der Waals surface area contributed by atoms with Crippen LogP contribution in [-0.4, -0.2) is 54.7 Å². The summed E-state index contributed by atoms with van der Waals surface area (Å²) >= 11 is 0. The van der Waals surface area contributed by atoms with Crippen molar-refractivity contribution in [2.75, 3.05) is 26.2 Å². The Morgan fingerprint density at radius 3 is 2.85 bits per heavy atom. The molecule has 0 bridgehead atoms. The van der Waals surface area contributed by atoms with E-state index in [1.165, 1.54) is 49.8 Å². The number of carbonyl (C=O) groups is 1. The minimum Gasteiger partial charge on any atom is -0.390 e. The molecular formula is C21H33N3O2. The zero-order valence-corrected chi connectivity index (χ0v) is 15.7. The second-order valence-corrected chi connectivity index (χ2v) is 7.83. The zero-order valence-electron chi connectivity index (χ0n) is 15.7. The third kappa shape index (κ3) is 5.53. The van der Waals surface area contributed by atoms with Crippen LogP contribution < -0.4 is 10.6 Å². The lowest BCUT2D eigenvalue weighted by atomic mass is 9.86. The van der Waals surface area contributed by atoms with E-state index in [9.17, 15) is 9.90 Å². The van der Waals surface area contributed by atoms with Gasteiger partial charge in [-0.2, -0.15) is 0 Å². The van der Waals surface area contributed by atoms with Crippen LogP contribution in [0.5, 0.6) is 0 Å². The Morgan fingerprint density at radius 1 is 1.23 bits per heavy atom. The SMILES string of the molecule is C1CCC2NCCC2C1.O=CNCC(O)CN1CCc2ccccc2C1. The molecule has 2 fully saturated rings. The Kier molecular flexibility index (Phi) is 7.47. The van der Waals surface area contributed by atoms with Crippen molar-refractivity contribution in [2.45, 2.75) is 57.2 Å². The predicted molar refractivity (Wildman–Crippen MR) is 104 cm³/mol. The maximum Gasteiger partial charge on any atom is 0.207 e. The van der Waals surface area contributed by atoms with Gasteiger partial charge in [0.15, 0.2) is 0 Å². The molecule has 5 nitrogen and oxygen atoms in total. The lowest BCUT2D eigenvalue weighted by Crippen LogP contribution is -2.40. The van der Waals surface area contributed by atoms with Gasteiger partial charge in [0.1, 0.15) is 0 Å². The lowest BCUT2D eigenvalue weighted by Gasteiger charge is -2.30. The van der Waals surface area contributed by atoms with Crippen LogP contribution in [0.15, 0.2) is 24.3 Å². The van der Waals surface area contributed by atoms with Gasteiger partial charge in [0.2, 0.25) is 6.41 Å². The number of benzene rings is 1. The molecule has 144 valence electrons. The first-order valence-electron chi connectivity index (χ1n) is 10.1. The molecule has 2 heterocycles. The van der Waals surface area contributed by atoms with E-state index in [4.69, 9.17) is 0 Å². The summed E-state index contributed by atoms with van der Waals surface area (Å²) in [6.07, 6.45) is 8.51. The third-order valence-corrected chi connectivity index (χ3v) is 5.95. The number of rotatable bonds is 5. The molecule has 5 heteroatoms. The first-order valence-corrected chi connectivity index (χ1v) is 10.1. The fraction of sp³-hybridized carbons (Fsp3) is 0.667. The van der Waals surface area contributed by atoms with Crippen molar-refractivity contribution >= 4 is 6.41 Å². The molecule has 0 spiro atoms. The van der Waals surface area contributed by atoms with Gasteiger partial charge >= 0.3 is 0 Å². The number of nitrogens with zero attached hydrogens (tertiary/aromatic N) is 1. The molecule has 1 saturated heterocycles. The highest BCUT2D eigenvalue weighted by molar-refractivity contribution is 5.45. The van der Waals surface area contributed by atoms with Crippen molar-refractivity contribution in [1.82, 2.24) is 15.5 Å². The minimum atomic E-state index is -0.495. The number of fused-ring (bicyclic) bond motifs is 2. The Labute approximate surface area is 157 Å². The molecule has 0 aromatic heterocycles.